The SMILES string of the molecule is COc1cc(CNC23C[C@@H]4C[C@@H](CC(O)(C4)C2)C3)cc(Cl)c1OC. The van der Waals surface area contributed by atoms with E-state index in [1.54, 1.807) is 14.2 Å². The Kier molecular flexibility index (Phi) is 3.98. The van der Waals surface area contributed by atoms with Crippen LogP contribution in [0.25, 0.3) is 0 Å². The monoisotopic (exact) mass is 351 g/mol. The molecule has 0 radical (unpaired) electrons. The molecule has 0 spiro atoms. The van der Waals surface area contributed by atoms with Gasteiger partial charge < -0.3 is 19.9 Å². The van der Waals surface area contributed by atoms with Crippen LogP contribution in [-0.4, -0.2) is 30.5 Å². The molecule has 2 N–H and O–H groups in total. The van der Waals surface area contributed by atoms with Crippen molar-refractivity contribution in [2.75, 3.05) is 14.2 Å². The van der Waals surface area contributed by atoms with Crippen molar-refractivity contribution in [1.29, 1.82) is 0 Å². The lowest BCUT2D eigenvalue weighted by molar-refractivity contribution is -0.142. The molecule has 0 amide bonds. The fraction of sp³-hybridized carbons (Fsp3) is 0.684. The first-order chi connectivity index (χ1) is 11.4. The number of ether oxygens (including phenoxy) is 2. The third-order valence-corrected chi connectivity index (χ3v) is 6.47. The van der Waals surface area contributed by atoms with E-state index in [1.165, 1.54) is 19.3 Å². The first-order valence-electron chi connectivity index (χ1n) is 8.82. The number of hydrogen-bond acceptors (Lipinski definition) is 4. The Bertz CT molecular complexity index is 634. The molecular formula is C19H26ClNO3. The van der Waals surface area contributed by atoms with Crippen molar-refractivity contribution in [2.24, 2.45) is 11.8 Å². The first-order valence-corrected chi connectivity index (χ1v) is 9.20. The normalized spacial score (nSPS) is 36.8. The second-order valence-electron chi connectivity index (χ2n) is 8.13. The van der Waals surface area contributed by atoms with Gasteiger partial charge in [0.2, 0.25) is 0 Å². The van der Waals surface area contributed by atoms with E-state index in [9.17, 15) is 5.11 Å². The van der Waals surface area contributed by atoms with Gasteiger partial charge in [0.15, 0.2) is 11.5 Å². The highest BCUT2D eigenvalue weighted by Gasteiger charge is 2.56. The van der Waals surface area contributed by atoms with E-state index >= 15 is 0 Å². The van der Waals surface area contributed by atoms with Crippen LogP contribution < -0.4 is 14.8 Å². The maximum Gasteiger partial charge on any atom is 0.179 e. The molecule has 1 aromatic rings. The third kappa shape index (κ3) is 2.79. The molecule has 5 heteroatoms. The highest BCUT2D eigenvalue weighted by Crippen LogP contribution is 2.57. The lowest BCUT2D eigenvalue weighted by atomic mass is 9.51. The van der Waals surface area contributed by atoms with Gasteiger partial charge in [-0.3, -0.25) is 0 Å². The van der Waals surface area contributed by atoms with E-state index in [2.05, 4.69) is 5.32 Å². The first kappa shape index (κ1) is 16.5. The van der Waals surface area contributed by atoms with Gasteiger partial charge in [-0.05, 0) is 68.1 Å². The molecule has 24 heavy (non-hydrogen) atoms. The molecule has 5 rings (SSSR count). The van der Waals surface area contributed by atoms with Crippen LogP contribution in [0.4, 0.5) is 0 Å². The predicted octanol–water partition coefficient (Wildman–Crippen LogP) is 3.53. The van der Waals surface area contributed by atoms with Crippen LogP contribution in [0.3, 0.4) is 0 Å². The molecule has 4 saturated carbocycles. The highest BCUT2D eigenvalue weighted by atomic mass is 35.5. The van der Waals surface area contributed by atoms with Crippen LogP contribution in [0, 0.1) is 11.8 Å². The Labute approximate surface area is 148 Å². The quantitative estimate of drug-likeness (QED) is 0.852. The van der Waals surface area contributed by atoms with Crippen LogP contribution in [0.2, 0.25) is 5.02 Å². The maximum atomic E-state index is 10.9. The van der Waals surface area contributed by atoms with Gasteiger partial charge in [-0.2, -0.15) is 0 Å². The topological polar surface area (TPSA) is 50.7 Å². The third-order valence-electron chi connectivity index (χ3n) is 6.19. The number of hydrogen-bond donors (Lipinski definition) is 2. The van der Waals surface area contributed by atoms with Crippen molar-refractivity contribution >= 4 is 11.6 Å². The molecule has 4 fully saturated rings. The Hall–Kier alpha value is -0.970. The van der Waals surface area contributed by atoms with Gasteiger partial charge in [0.25, 0.3) is 0 Å². The molecule has 4 bridgehead atoms. The molecule has 1 aromatic carbocycles. The fourth-order valence-electron chi connectivity index (χ4n) is 5.78. The second kappa shape index (κ2) is 5.79. The number of rotatable bonds is 5. The maximum absolute atomic E-state index is 10.9. The van der Waals surface area contributed by atoms with Crippen molar-refractivity contribution in [3.05, 3.63) is 22.7 Å². The smallest absolute Gasteiger partial charge is 0.179 e. The molecule has 4 nitrogen and oxygen atoms in total. The van der Waals surface area contributed by atoms with Crippen LogP contribution in [0.1, 0.15) is 44.1 Å². The van der Waals surface area contributed by atoms with Gasteiger partial charge in [-0.25, -0.2) is 0 Å². The van der Waals surface area contributed by atoms with Crippen molar-refractivity contribution in [2.45, 2.75) is 56.2 Å². The molecule has 0 aromatic heterocycles. The summed E-state index contributed by atoms with van der Waals surface area (Å²) in [7, 11) is 3.22. The average Bonchev–Trinajstić information content (AvgIpc) is 2.50. The summed E-state index contributed by atoms with van der Waals surface area (Å²) in [5, 5.41) is 15.2. The average molecular weight is 352 g/mol. The van der Waals surface area contributed by atoms with Crippen LogP contribution >= 0.6 is 11.6 Å². The molecule has 2 unspecified atom stereocenters. The van der Waals surface area contributed by atoms with Crippen molar-refractivity contribution in [1.82, 2.24) is 5.32 Å². The van der Waals surface area contributed by atoms with Crippen LogP contribution in [-0.2, 0) is 6.54 Å². The van der Waals surface area contributed by atoms with Crippen LogP contribution in [0.15, 0.2) is 12.1 Å². The van der Waals surface area contributed by atoms with Crippen LogP contribution in [0.5, 0.6) is 11.5 Å². The zero-order valence-corrected chi connectivity index (χ0v) is 15.2. The molecule has 4 atom stereocenters. The summed E-state index contributed by atoms with van der Waals surface area (Å²) in [5.74, 6) is 2.59. The zero-order valence-electron chi connectivity index (χ0n) is 14.4. The summed E-state index contributed by atoms with van der Waals surface area (Å²) in [5.41, 5.74) is 0.727. The van der Waals surface area contributed by atoms with Gasteiger partial charge in [-0.1, -0.05) is 11.6 Å². The number of benzene rings is 1. The van der Waals surface area contributed by atoms with Gasteiger partial charge in [0.1, 0.15) is 0 Å². The Morgan fingerprint density at radius 1 is 1.17 bits per heavy atom. The van der Waals surface area contributed by atoms with E-state index in [0.29, 0.717) is 28.4 Å². The summed E-state index contributed by atoms with van der Waals surface area (Å²) < 4.78 is 10.7. The largest absolute Gasteiger partial charge is 0.493 e. The molecule has 0 heterocycles. The molecule has 4 aliphatic rings. The van der Waals surface area contributed by atoms with E-state index < -0.39 is 5.60 Å². The summed E-state index contributed by atoms with van der Waals surface area (Å²) in [6.07, 6.45) is 6.55. The molecule has 0 saturated heterocycles. The summed E-state index contributed by atoms with van der Waals surface area (Å²) in [6, 6.07) is 3.91. The molecule has 132 valence electrons. The Morgan fingerprint density at radius 2 is 1.88 bits per heavy atom. The fourth-order valence-corrected chi connectivity index (χ4v) is 6.09. The van der Waals surface area contributed by atoms with Gasteiger partial charge in [0.05, 0.1) is 24.8 Å². The number of aliphatic hydroxyl groups is 1. The molecule has 4 aliphatic carbocycles. The Morgan fingerprint density at radius 3 is 2.46 bits per heavy atom. The van der Waals surface area contributed by atoms with Crippen molar-refractivity contribution < 1.29 is 14.6 Å². The minimum atomic E-state index is -0.438. The molecule has 0 aliphatic heterocycles. The summed E-state index contributed by atoms with van der Waals surface area (Å²) in [6.45, 7) is 0.732. The highest BCUT2D eigenvalue weighted by molar-refractivity contribution is 6.32. The van der Waals surface area contributed by atoms with Crippen molar-refractivity contribution in [3.63, 3.8) is 0 Å². The molecular weight excluding hydrogens is 326 g/mol. The number of halogens is 1. The summed E-state index contributed by atoms with van der Waals surface area (Å²) >= 11 is 6.32. The number of nitrogens with one attached hydrogen (secondary N) is 1. The minimum Gasteiger partial charge on any atom is -0.493 e. The minimum absolute atomic E-state index is 0.0818. The standard InChI is InChI=1S/C19H26ClNO3/c1-23-16-5-12(4-15(20)17(16)24-2)10-21-18-6-13-3-14(7-18)9-19(22,8-13)11-18/h4-5,13-14,21-22H,3,6-11H2,1-2H3/t13-,14+,18?,19?. The summed E-state index contributed by atoms with van der Waals surface area (Å²) in [4.78, 5) is 0. The van der Waals surface area contributed by atoms with Crippen molar-refractivity contribution in [3.8, 4) is 11.5 Å². The second-order valence-corrected chi connectivity index (χ2v) is 8.54. The van der Waals surface area contributed by atoms with Gasteiger partial charge >= 0.3 is 0 Å². The zero-order chi connectivity index (χ0) is 16.9. The predicted molar refractivity (Wildman–Crippen MR) is 93.8 cm³/mol. The van der Waals surface area contributed by atoms with Gasteiger partial charge in [-0.15, -0.1) is 0 Å². The van der Waals surface area contributed by atoms with E-state index in [0.717, 1.165) is 31.4 Å². The van der Waals surface area contributed by atoms with E-state index in [4.69, 9.17) is 21.1 Å². The van der Waals surface area contributed by atoms with E-state index in [-0.39, 0.29) is 5.54 Å². The number of methoxy groups -OCH3 is 2. The lowest BCUT2D eigenvalue weighted by Crippen LogP contribution is -2.64. The van der Waals surface area contributed by atoms with Gasteiger partial charge in [0, 0.05) is 12.1 Å². The lowest BCUT2D eigenvalue weighted by Gasteiger charge is -2.60. The Balaban J connectivity index is 1.52. The van der Waals surface area contributed by atoms with E-state index in [1.807, 2.05) is 12.1 Å².